The van der Waals surface area contributed by atoms with Gasteiger partial charge in [0.2, 0.25) is 5.78 Å². The van der Waals surface area contributed by atoms with Crippen molar-refractivity contribution in [2.24, 2.45) is 0 Å². The molecule has 0 amide bonds. The largest absolute Gasteiger partial charge is 0.508 e. The van der Waals surface area contributed by atoms with E-state index < -0.39 is 11.8 Å². The Hall–Kier alpha value is -3.97. The molecule has 1 heterocycles. The third-order valence-corrected chi connectivity index (χ3v) is 6.80. The van der Waals surface area contributed by atoms with Crippen LogP contribution >= 0.6 is 11.3 Å². The molecule has 1 aromatic heterocycles. The second-order valence-electron chi connectivity index (χ2n) is 8.44. The van der Waals surface area contributed by atoms with Crippen molar-refractivity contribution in [3.05, 3.63) is 92.6 Å². The first kappa shape index (κ1) is 24.2. The van der Waals surface area contributed by atoms with Crippen LogP contribution in [0.25, 0.3) is 16.2 Å². The molecular formula is C28H23FO5S. The smallest absolute Gasteiger partial charge is 0.328 e. The number of phenols is 1. The highest BCUT2D eigenvalue weighted by atomic mass is 32.1. The van der Waals surface area contributed by atoms with Crippen LogP contribution in [0.3, 0.4) is 0 Å². The lowest BCUT2D eigenvalue weighted by atomic mass is 9.97. The number of thiophene rings is 1. The molecule has 3 aromatic carbocycles. The molecule has 0 spiro atoms. The number of hydrogen-bond acceptors (Lipinski definition) is 5. The number of rotatable bonds is 6. The molecule has 0 fully saturated rings. The van der Waals surface area contributed by atoms with Crippen molar-refractivity contribution < 1.29 is 28.9 Å². The Morgan fingerprint density at radius 3 is 2.14 bits per heavy atom. The fraction of sp³-hybridized carbons (Fsp3) is 0.143. The minimum atomic E-state index is -1.04. The van der Waals surface area contributed by atoms with Gasteiger partial charge < -0.3 is 14.9 Å². The van der Waals surface area contributed by atoms with Gasteiger partial charge in [0, 0.05) is 21.7 Å². The van der Waals surface area contributed by atoms with E-state index in [0.29, 0.717) is 48.7 Å². The molecule has 0 aliphatic carbocycles. The molecule has 0 saturated carbocycles. The first-order chi connectivity index (χ1) is 16.5. The van der Waals surface area contributed by atoms with Crippen LogP contribution in [0.15, 0.2) is 48.5 Å². The standard InChI is InChI=1S/C28H23FO5S/c1-14-11-19(29)12-15(2)24(14)25(33)28-27(21-7-6-20(30)13-22(21)35-28)34-26-16(3)9-18(10-17(26)4)5-8-23(31)32/h5-13,30H,1-4H3,(H,31,32)/b8-5+. The molecule has 35 heavy (non-hydrogen) atoms. The Bertz CT molecular complexity index is 1480. The van der Waals surface area contributed by atoms with Gasteiger partial charge >= 0.3 is 5.97 Å². The van der Waals surface area contributed by atoms with Crippen LogP contribution < -0.4 is 4.74 Å². The zero-order valence-electron chi connectivity index (χ0n) is 19.6. The lowest BCUT2D eigenvalue weighted by Crippen LogP contribution is -2.07. The van der Waals surface area contributed by atoms with E-state index >= 15 is 0 Å². The fourth-order valence-corrected chi connectivity index (χ4v) is 5.31. The molecule has 4 rings (SSSR count). The quantitative estimate of drug-likeness (QED) is 0.222. The number of aromatic hydroxyl groups is 1. The maximum Gasteiger partial charge on any atom is 0.328 e. The van der Waals surface area contributed by atoms with E-state index in [4.69, 9.17) is 9.84 Å². The normalized spacial score (nSPS) is 11.3. The Morgan fingerprint density at radius 2 is 1.54 bits per heavy atom. The minimum Gasteiger partial charge on any atom is -0.508 e. The molecule has 0 aliphatic rings. The average Bonchev–Trinajstić information content (AvgIpc) is 3.11. The Balaban J connectivity index is 1.87. The van der Waals surface area contributed by atoms with E-state index in [1.165, 1.54) is 35.6 Å². The van der Waals surface area contributed by atoms with Crippen molar-refractivity contribution in [1.82, 2.24) is 0 Å². The Kier molecular flexibility index (Phi) is 6.45. The molecular weight excluding hydrogens is 467 g/mol. The number of benzene rings is 3. The van der Waals surface area contributed by atoms with Gasteiger partial charge in [0.15, 0.2) is 5.75 Å². The molecule has 0 saturated heterocycles. The molecule has 0 bridgehead atoms. The van der Waals surface area contributed by atoms with Crippen LogP contribution in [0.4, 0.5) is 4.39 Å². The van der Waals surface area contributed by atoms with Crippen LogP contribution in [0.2, 0.25) is 0 Å². The number of ketones is 1. The molecule has 0 atom stereocenters. The van der Waals surface area contributed by atoms with Crippen molar-refractivity contribution in [2.75, 3.05) is 0 Å². The first-order valence-electron chi connectivity index (χ1n) is 10.8. The summed E-state index contributed by atoms with van der Waals surface area (Å²) in [6, 6.07) is 11.1. The van der Waals surface area contributed by atoms with E-state index in [2.05, 4.69) is 0 Å². The van der Waals surface area contributed by atoms with Gasteiger partial charge in [-0.1, -0.05) is 0 Å². The number of carboxylic acids is 1. The topological polar surface area (TPSA) is 83.8 Å². The van der Waals surface area contributed by atoms with Gasteiger partial charge in [-0.25, -0.2) is 9.18 Å². The summed E-state index contributed by atoms with van der Waals surface area (Å²) in [4.78, 5) is 24.9. The van der Waals surface area contributed by atoms with E-state index in [-0.39, 0.29) is 11.5 Å². The van der Waals surface area contributed by atoms with E-state index in [1.807, 2.05) is 13.8 Å². The zero-order valence-corrected chi connectivity index (χ0v) is 20.4. The van der Waals surface area contributed by atoms with Crippen LogP contribution in [0.1, 0.15) is 43.1 Å². The molecule has 4 aromatic rings. The molecule has 0 aliphatic heterocycles. The van der Waals surface area contributed by atoms with Gasteiger partial charge in [0.05, 0.1) is 0 Å². The number of phenolic OH excluding ortho intramolecular Hbond substituents is 1. The molecule has 5 nitrogen and oxygen atoms in total. The molecule has 0 radical (unpaired) electrons. The number of ether oxygens (including phenoxy) is 1. The summed E-state index contributed by atoms with van der Waals surface area (Å²) >= 11 is 1.20. The molecule has 2 N–H and O–H groups in total. The summed E-state index contributed by atoms with van der Waals surface area (Å²) in [5.41, 5.74) is 3.71. The van der Waals surface area contributed by atoms with E-state index in [1.54, 1.807) is 38.1 Å². The van der Waals surface area contributed by atoms with E-state index in [0.717, 1.165) is 17.2 Å². The monoisotopic (exact) mass is 490 g/mol. The summed E-state index contributed by atoms with van der Waals surface area (Å²) in [5, 5.41) is 19.6. The number of carbonyl (C=O) groups excluding carboxylic acids is 1. The van der Waals surface area contributed by atoms with Gasteiger partial charge in [0.1, 0.15) is 22.2 Å². The Labute approximate surface area is 205 Å². The molecule has 7 heteroatoms. The number of carboxylic acid groups (broad SMARTS) is 1. The van der Waals surface area contributed by atoms with Crippen LogP contribution in [-0.4, -0.2) is 22.0 Å². The second kappa shape index (κ2) is 9.35. The van der Waals surface area contributed by atoms with Crippen molar-refractivity contribution in [2.45, 2.75) is 27.7 Å². The van der Waals surface area contributed by atoms with Crippen molar-refractivity contribution in [3.8, 4) is 17.2 Å². The average molecular weight is 491 g/mol. The van der Waals surface area contributed by atoms with Gasteiger partial charge in [-0.3, -0.25) is 4.79 Å². The number of halogens is 1. The zero-order chi connectivity index (χ0) is 25.4. The maximum atomic E-state index is 13.9. The number of hydrogen-bond donors (Lipinski definition) is 2. The number of aliphatic carboxylic acids is 1. The van der Waals surface area contributed by atoms with Crippen molar-refractivity contribution in [3.63, 3.8) is 0 Å². The first-order valence-corrected chi connectivity index (χ1v) is 11.6. The van der Waals surface area contributed by atoms with Gasteiger partial charge in [-0.15, -0.1) is 11.3 Å². The van der Waals surface area contributed by atoms with Crippen molar-refractivity contribution in [1.29, 1.82) is 0 Å². The summed E-state index contributed by atoms with van der Waals surface area (Å²) in [7, 11) is 0. The lowest BCUT2D eigenvalue weighted by molar-refractivity contribution is -0.131. The molecule has 0 unspecified atom stereocenters. The number of fused-ring (bicyclic) bond motifs is 1. The summed E-state index contributed by atoms with van der Waals surface area (Å²) < 4.78 is 20.9. The van der Waals surface area contributed by atoms with E-state index in [9.17, 15) is 19.1 Å². The van der Waals surface area contributed by atoms with Gasteiger partial charge in [-0.05, 0) is 104 Å². The SMILES string of the molecule is Cc1cc(/C=C/C(=O)O)cc(C)c1Oc1c(C(=O)c2c(C)cc(F)cc2C)sc2cc(O)ccc12. The molecule has 178 valence electrons. The summed E-state index contributed by atoms with van der Waals surface area (Å²) in [6.07, 6.45) is 2.57. The number of carbonyl (C=O) groups is 2. The highest BCUT2D eigenvalue weighted by Crippen LogP contribution is 2.44. The summed E-state index contributed by atoms with van der Waals surface area (Å²) in [5.74, 6) is -0.752. The second-order valence-corrected chi connectivity index (χ2v) is 9.49. The van der Waals surface area contributed by atoms with Gasteiger partial charge in [0.25, 0.3) is 0 Å². The van der Waals surface area contributed by atoms with Gasteiger partial charge in [-0.2, -0.15) is 0 Å². The highest BCUT2D eigenvalue weighted by Gasteiger charge is 2.25. The predicted octanol–water partition coefficient (Wildman–Crippen LogP) is 7.10. The highest BCUT2D eigenvalue weighted by molar-refractivity contribution is 7.21. The maximum absolute atomic E-state index is 13.9. The Morgan fingerprint density at radius 1 is 0.914 bits per heavy atom. The summed E-state index contributed by atoms with van der Waals surface area (Å²) in [6.45, 7) is 7.08. The lowest BCUT2D eigenvalue weighted by Gasteiger charge is -2.15. The van der Waals surface area contributed by atoms with Crippen LogP contribution in [-0.2, 0) is 4.79 Å². The van der Waals surface area contributed by atoms with Crippen LogP contribution in [0, 0.1) is 33.5 Å². The predicted molar refractivity (Wildman–Crippen MR) is 135 cm³/mol. The van der Waals surface area contributed by atoms with Crippen molar-refractivity contribution >= 4 is 39.3 Å². The fourth-order valence-electron chi connectivity index (χ4n) is 4.21. The minimum absolute atomic E-state index is 0.0698. The van der Waals surface area contributed by atoms with Crippen LogP contribution in [0.5, 0.6) is 17.2 Å². The number of aryl methyl sites for hydroxylation is 4. The third-order valence-electron chi connectivity index (χ3n) is 5.66. The third kappa shape index (κ3) is 4.81.